The summed E-state index contributed by atoms with van der Waals surface area (Å²) in [5.41, 5.74) is 3.31. The van der Waals surface area contributed by atoms with E-state index < -0.39 is 0 Å². The van der Waals surface area contributed by atoms with Crippen LogP contribution in [0.1, 0.15) is 17.5 Å². The van der Waals surface area contributed by atoms with Crippen LogP contribution in [0.25, 0.3) is 6.08 Å². The highest BCUT2D eigenvalue weighted by molar-refractivity contribution is 5.70. The molecule has 2 rings (SSSR count). The fourth-order valence-electron chi connectivity index (χ4n) is 2.16. The minimum absolute atomic E-state index is 0.837. The van der Waals surface area contributed by atoms with Gasteiger partial charge in [0.2, 0.25) is 0 Å². The molecule has 0 atom stereocenters. The minimum atomic E-state index is 0.837. The highest BCUT2D eigenvalue weighted by Crippen LogP contribution is 2.37. The molecular formula is C14H16O3. The third-order valence-corrected chi connectivity index (χ3v) is 3.00. The molecule has 1 aromatic rings. The third-order valence-electron chi connectivity index (χ3n) is 3.00. The fourth-order valence-corrected chi connectivity index (χ4v) is 2.16. The lowest BCUT2D eigenvalue weighted by molar-refractivity contribution is 0.397. The van der Waals surface area contributed by atoms with E-state index >= 15 is 0 Å². The molecule has 1 N–H and O–H groups in total. The van der Waals surface area contributed by atoms with Crippen LogP contribution in [0.4, 0.5) is 0 Å². The number of hydrogen-bond donors (Lipinski definition) is 1. The molecule has 0 heterocycles. The molecule has 0 spiro atoms. The van der Waals surface area contributed by atoms with E-state index in [1.54, 1.807) is 20.3 Å². The van der Waals surface area contributed by atoms with E-state index in [0.29, 0.717) is 0 Å². The largest absolute Gasteiger partial charge is 0.516 e. The molecule has 90 valence electrons. The molecule has 0 saturated heterocycles. The van der Waals surface area contributed by atoms with Gasteiger partial charge in [-0.3, -0.25) is 0 Å². The van der Waals surface area contributed by atoms with Gasteiger partial charge in [-0.05, 0) is 42.7 Å². The lowest BCUT2D eigenvalue weighted by atomic mass is 9.91. The van der Waals surface area contributed by atoms with E-state index in [-0.39, 0.29) is 0 Å². The number of aliphatic hydroxyl groups excluding tert-OH is 1. The number of ether oxygens (including phenoxy) is 2. The second-order valence-corrected chi connectivity index (χ2v) is 3.90. The van der Waals surface area contributed by atoms with Gasteiger partial charge in [-0.2, -0.15) is 0 Å². The summed E-state index contributed by atoms with van der Waals surface area (Å²) in [6, 6.07) is 3.83. The number of methoxy groups -OCH3 is 2. The second kappa shape index (κ2) is 4.95. The average Bonchev–Trinajstić information content (AvgIpc) is 2.37. The smallest absolute Gasteiger partial charge is 0.126 e. The summed E-state index contributed by atoms with van der Waals surface area (Å²) in [7, 11) is 3.33. The fraction of sp³-hybridized carbons (Fsp3) is 0.286. The van der Waals surface area contributed by atoms with Crippen LogP contribution in [-0.4, -0.2) is 19.3 Å². The normalized spacial score (nSPS) is 14.4. The standard InChI is InChI=1S/C14H16O3/c1-16-13-5-6-14(17-2)12-9-10(7-8-15)3-4-11(12)13/h5-9,15H,3-4H2,1-2H3. The average molecular weight is 232 g/mol. The first-order chi connectivity index (χ1) is 8.30. The van der Waals surface area contributed by atoms with Gasteiger partial charge in [0.25, 0.3) is 0 Å². The summed E-state index contributed by atoms with van der Waals surface area (Å²) in [6.07, 6.45) is 6.61. The predicted octanol–water partition coefficient (Wildman–Crippen LogP) is 3.11. The molecule has 3 heteroatoms. The molecule has 0 fully saturated rings. The topological polar surface area (TPSA) is 38.7 Å². The second-order valence-electron chi connectivity index (χ2n) is 3.90. The monoisotopic (exact) mass is 232 g/mol. The van der Waals surface area contributed by atoms with Crippen molar-refractivity contribution in [2.45, 2.75) is 12.8 Å². The number of hydrogen-bond acceptors (Lipinski definition) is 3. The van der Waals surface area contributed by atoms with Gasteiger partial charge < -0.3 is 14.6 Å². The number of allylic oxidation sites excluding steroid dienone is 2. The van der Waals surface area contributed by atoms with Crippen molar-refractivity contribution in [3.8, 4) is 11.5 Å². The van der Waals surface area contributed by atoms with Crippen LogP contribution in [-0.2, 0) is 6.42 Å². The summed E-state index contributed by atoms with van der Waals surface area (Å²) in [5, 5.41) is 8.82. The molecule has 3 nitrogen and oxygen atoms in total. The van der Waals surface area contributed by atoms with E-state index in [1.807, 2.05) is 18.2 Å². The van der Waals surface area contributed by atoms with Gasteiger partial charge in [-0.1, -0.05) is 0 Å². The Bertz CT molecular complexity index is 473. The van der Waals surface area contributed by atoms with Gasteiger partial charge in [-0.25, -0.2) is 0 Å². The van der Waals surface area contributed by atoms with E-state index in [1.165, 1.54) is 5.56 Å². The van der Waals surface area contributed by atoms with Gasteiger partial charge in [0.1, 0.15) is 11.5 Å². The van der Waals surface area contributed by atoms with Gasteiger partial charge in [-0.15, -0.1) is 0 Å². The van der Waals surface area contributed by atoms with E-state index in [9.17, 15) is 0 Å². The number of aliphatic hydroxyl groups is 1. The molecule has 0 aromatic heterocycles. The lowest BCUT2D eigenvalue weighted by Gasteiger charge is -2.19. The Morgan fingerprint density at radius 1 is 1.12 bits per heavy atom. The van der Waals surface area contributed by atoms with Crippen LogP contribution >= 0.6 is 0 Å². The van der Waals surface area contributed by atoms with Crippen LogP contribution < -0.4 is 9.47 Å². The Kier molecular flexibility index (Phi) is 3.38. The minimum Gasteiger partial charge on any atom is -0.516 e. The van der Waals surface area contributed by atoms with Crippen LogP contribution in [0, 0.1) is 0 Å². The van der Waals surface area contributed by atoms with Crippen LogP contribution in [0.15, 0.2) is 30.0 Å². The zero-order valence-corrected chi connectivity index (χ0v) is 10.1. The molecule has 0 unspecified atom stereocenters. The van der Waals surface area contributed by atoms with Gasteiger partial charge in [0.15, 0.2) is 0 Å². The molecule has 0 saturated carbocycles. The number of rotatable bonds is 3. The zero-order chi connectivity index (χ0) is 12.3. The van der Waals surface area contributed by atoms with Crippen LogP contribution in [0.5, 0.6) is 11.5 Å². The first-order valence-electron chi connectivity index (χ1n) is 5.55. The molecule has 1 aliphatic rings. The maximum Gasteiger partial charge on any atom is 0.126 e. The van der Waals surface area contributed by atoms with E-state index in [4.69, 9.17) is 14.6 Å². The van der Waals surface area contributed by atoms with Gasteiger partial charge >= 0.3 is 0 Å². The van der Waals surface area contributed by atoms with Crippen molar-refractivity contribution in [3.05, 3.63) is 41.2 Å². The maximum absolute atomic E-state index is 8.82. The molecule has 0 amide bonds. The lowest BCUT2D eigenvalue weighted by Crippen LogP contribution is -2.03. The first kappa shape index (κ1) is 11.6. The highest BCUT2D eigenvalue weighted by Gasteiger charge is 2.17. The van der Waals surface area contributed by atoms with Crippen LogP contribution in [0.2, 0.25) is 0 Å². The maximum atomic E-state index is 8.82. The number of fused-ring (bicyclic) bond motifs is 1. The summed E-state index contributed by atoms with van der Waals surface area (Å²) in [6.45, 7) is 0. The molecule has 0 aliphatic heterocycles. The highest BCUT2D eigenvalue weighted by atomic mass is 16.5. The van der Waals surface area contributed by atoms with Crippen molar-refractivity contribution >= 4 is 6.08 Å². The van der Waals surface area contributed by atoms with E-state index in [0.717, 1.165) is 41.7 Å². The zero-order valence-electron chi connectivity index (χ0n) is 10.1. The van der Waals surface area contributed by atoms with Crippen molar-refractivity contribution in [1.82, 2.24) is 0 Å². The Balaban J connectivity index is 2.54. The quantitative estimate of drug-likeness (QED) is 0.814. The predicted molar refractivity (Wildman–Crippen MR) is 67.6 cm³/mol. The van der Waals surface area contributed by atoms with E-state index in [2.05, 4.69) is 0 Å². The third kappa shape index (κ3) is 2.13. The Hall–Kier alpha value is -1.90. The van der Waals surface area contributed by atoms with Crippen molar-refractivity contribution in [2.24, 2.45) is 0 Å². The number of benzene rings is 1. The summed E-state index contributed by atoms with van der Waals surface area (Å²) >= 11 is 0. The van der Waals surface area contributed by atoms with Crippen molar-refractivity contribution < 1.29 is 14.6 Å². The van der Waals surface area contributed by atoms with Crippen molar-refractivity contribution in [1.29, 1.82) is 0 Å². The van der Waals surface area contributed by atoms with Crippen molar-refractivity contribution in [3.63, 3.8) is 0 Å². The Labute approximate surface area is 101 Å². The van der Waals surface area contributed by atoms with Gasteiger partial charge in [0.05, 0.1) is 20.5 Å². The summed E-state index contributed by atoms with van der Waals surface area (Å²) in [4.78, 5) is 0. The van der Waals surface area contributed by atoms with Crippen molar-refractivity contribution in [2.75, 3.05) is 14.2 Å². The Morgan fingerprint density at radius 3 is 2.47 bits per heavy atom. The molecular weight excluding hydrogens is 216 g/mol. The van der Waals surface area contributed by atoms with Gasteiger partial charge in [0, 0.05) is 11.1 Å². The summed E-state index contributed by atoms with van der Waals surface area (Å²) in [5.74, 6) is 1.73. The SMILES string of the molecule is COc1ccc(OC)c2c1C=C(C=CO)CC2. The summed E-state index contributed by atoms with van der Waals surface area (Å²) < 4.78 is 10.7. The first-order valence-corrected chi connectivity index (χ1v) is 5.55. The molecule has 17 heavy (non-hydrogen) atoms. The Morgan fingerprint density at radius 2 is 1.82 bits per heavy atom. The molecule has 1 aromatic carbocycles. The van der Waals surface area contributed by atoms with Crippen LogP contribution in [0.3, 0.4) is 0 Å². The molecule has 0 bridgehead atoms. The molecule has 0 radical (unpaired) electrons. The molecule has 1 aliphatic carbocycles.